The molecule has 2 aromatic rings. The third-order valence-corrected chi connectivity index (χ3v) is 4.78. The highest BCUT2D eigenvalue weighted by atomic mass is 79.9. The number of halogens is 1. The summed E-state index contributed by atoms with van der Waals surface area (Å²) in [6, 6.07) is 6.72. The van der Waals surface area contributed by atoms with Crippen LogP contribution >= 0.6 is 15.9 Å². The number of carboxylic acids is 1. The summed E-state index contributed by atoms with van der Waals surface area (Å²) in [6.07, 6.45) is 0. The van der Waals surface area contributed by atoms with Gasteiger partial charge in [0.15, 0.2) is 5.60 Å². The van der Waals surface area contributed by atoms with Crippen LogP contribution < -0.4 is 5.32 Å². The van der Waals surface area contributed by atoms with Crippen molar-refractivity contribution >= 4 is 27.8 Å². The Bertz CT molecular complexity index is 781. The number of aliphatic hydroxyl groups is 1. The van der Waals surface area contributed by atoms with Crippen molar-refractivity contribution in [2.75, 3.05) is 6.54 Å². The molecule has 1 aromatic carbocycles. The molecule has 0 fully saturated rings. The second-order valence-electron chi connectivity index (χ2n) is 5.71. The first-order valence-electron chi connectivity index (χ1n) is 7.19. The van der Waals surface area contributed by atoms with Crippen LogP contribution in [0, 0.1) is 13.8 Å². The van der Waals surface area contributed by atoms with E-state index < -0.39 is 17.5 Å². The second-order valence-corrected chi connectivity index (χ2v) is 6.50. The second kappa shape index (κ2) is 6.74. The number of amides is 1. The van der Waals surface area contributed by atoms with Gasteiger partial charge in [0, 0.05) is 5.56 Å². The molecule has 1 unspecified atom stereocenters. The molecule has 0 aliphatic carbocycles. The molecule has 128 valence electrons. The van der Waals surface area contributed by atoms with Gasteiger partial charge in [-0.25, -0.2) is 9.48 Å². The van der Waals surface area contributed by atoms with Gasteiger partial charge >= 0.3 is 5.97 Å². The smallest absolute Gasteiger partial charge is 0.337 e. The minimum absolute atomic E-state index is 0.362. The lowest BCUT2D eigenvalue weighted by atomic mass is 10.1. The number of nitrogens with zero attached hydrogens (tertiary/aromatic N) is 2. The maximum Gasteiger partial charge on any atom is 0.337 e. The van der Waals surface area contributed by atoms with Gasteiger partial charge in [0.05, 0.1) is 28.1 Å². The molecule has 1 aromatic heterocycles. The van der Waals surface area contributed by atoms with Crippen LogP contribution in [0.4, 0.5) is 0 Å². The average Bonchev–Trinajstić information content (AvgIpc) is 2.80. The normalized spacial score (nSPS) is 13.4. The lowest BCUT2D eigenvalue weighted by Gasteiger charge is -2.18. The fraction of sp³-hybridized carbons (Fsp3) is 0.312. The van der Waals surface area contributed by atoms with Crippen molar-refractivity contribution in [2.24, 2.45) is 0 Å². The summed E-state index contributed by atoms with van der Waals surface area (Å²) in [5.41, 5.74) is 0.967. The molecule has 0 saturated heterocycles. The van der Waals surface area contributed by atoms with Gasteiger partial charge in [-0.1, -0.05) is 0 Å². The van der Waals surface area contributed by atoms with Crippen LogP contribution in [0.25, 0.3) is 5.69 Å². The minimum Gasteiger partial charge on any atom is -0.479 e. The van der Waals surface area contributed by atoms with Gasteiger partial charge in [-0.15, -0.1) is 0 Å². The van der Waals surface area contributed by atoms with Crippen molar-refractivity contribution in [2.45, 2.75) is 26.4 Å². The van der Waals surface area contributed by atoms with E-state index in [-0.39, 0.29) is 6.54 Å². The summed E-state index contributed by atoms with van der Waals surface area (Å²) >= 11 is 3.47. The van der Waals surface area contributed by atoms with Crippen LogP contribution in [-0.2, 0) is 4.79 Å². The summed E-state index contributed by atoms with van der Waals surface area (Å²) in [5.74, 6) is -1.86. The first kappa shape index (κ1) is 18.2. The Balaban J connectivity index is 2.13. The van der Waals surface area contributed by atoms with Gasteiger partial charge in [0.1, 0.15) is 0 Å². The number of aryl methyl sites for hydroxylation is 1. The van der Waals surface area contributed by atoms with Crippen LogP contribution in [-0.4, -0.2) is 44.0 Å². The average molecular weight is 396 g/mol. The number of carbonyl (C=O) groups is 2. The number of hydrogen-bond acceptors (Lipinski definition) is 4. The monoisotopic (exact) mass is 395 g/mol. The Morgan fingerprint density at radius 3 is 2.33 bits per heavy atom. The van der Waals surface area contributed by atoms with E-state index in [4.69, 9.17) is 5.11 Å². The van der Waals surface area contributed by atoms with Crippen molar-refractivity contribution < 1.29 is 19.8 Å². The molecule has 0 aliphatic rings. The van der Waals surface area contributed by atoms with Crippen molar-refractivity contribution in [3.8, 4) is 5.69 Å². The standard InChI is InChI=1S/C16H18BrN3O4/c1-9-13(17)10(2)20(19-9)12-6-4-11(5-7-12)14(21)18-8-16(3,24)15(22)23/h4-7,24H,8H2,1-3H3,(H,18,21)(H,22,23). The highest BCUT2D eigenvalue weighted by Crippen LogP contribution is 2.23. The Hall–Kier alpha value is -2.19. The van der Waals surface area contributed by atoms with E-state index in [0.29, 0.717) is 5.56 Å². The van der Waals surface area contributed by atoms with E-state index in [1.807, 2.05) is 13.8 Å². The zero-order valence-corrected chi connectivity index (χ0v) is 15.1. The molecule has 0 saturated carbocycles. The molecular weight excluding hydrogens is 378 g/mol. The van der Waals surface area contributed by atoms with Gasteiger partial charge < -0.3 is 15.5 Å². The zero-order valence-electron chi connectivity index (χ0n) is 13.5. The topological polar surface area (TPSA) is 104 Å². The fourth-order valence-electron chi connectivity index (χ4n) is 2.06. The molecule has 0 aliphatic heterocycles. The van der Waals surface area contributed by atoms with Crippen molar-refractivity contribution in [1.82, 2.24) is 15.1 Å². The molecule has 24 heavy (non-hydrogen) atoms. The van der Waals surface area contributed by atoms with Crippen LogP contribution in [0.5, 0.6) is 0 Å². The predicted octanol–water partition coefficient (Wildman–Crippen LogP) is 1.82. The van der Waals surface area contributed by atoms with Crippen LogP contribution in [0.1, 0.15) is 28.7 Å². The third kappa shape index (κ3) is 3.65. The highest BCUT2D eigenvalue weighted by Gasteiger charge is 2.30. The van der Waals surface area contributed by atoms with Crippen molar-refractivity contribution in [1.29, 1.82) is 0 Å². The molecule has 1 atom stereocenters. The summed E-state index contributed by atoms with van der Waals surface area (Å²) in [4.78, 5) is 22.9. The number of aromatic nitrogens is 2. The number of hydrogen-bond donors (Lipinski definition) is 3. The molecule has 1 amide bonds. The molecule has 0 radical (unpaired) electrons. The number of carboxylic acid groups (broad SMARTS) is 1. The SMILES string of the molecule is Cc1nn(-c2ccc(C(=O)NCC(C)(O)C(=O)O)cc2)c(C)c1Br. The van der Waals surface area contributed by atoms with E-state index in [1.165, 1.54) is 0 Å². The maximum atomic E-state index is 12.0. The number of benzene rings is 1. The largest absolute Gasteiger partial charge is 0.479 e. The van der Waals surface area contributed by atoms with E-state index in [2.05, 4.69) is 26.3 Å². The summed E-state index contributed by atoms with van der Waals surface area (Å²) in [5, 5.41) is 25.2. The molecule has 0 spiro atoms. The summed E-state index contributed by atoms with van der Waals surface area (Å²) < 4.78 is 2.69. The Labute approximate surface area is 147 Å². The van der Waals surface area contributed by atoms with Gasteiger partial charge in [-0.3, -0.25) is 4.79 Å². The van der Waals surface area contributed by atoms with Crippen LogP contribution in [0.15, 0.2) is 28.7 Å². The van der Waals surface area contributed by atoms with E-state index >= 15 is 0 Å². The zero-order chi connectivity index (χ0) is 18.1. The molecule has 3 N–H and O–H groups in total. The number of carbonyl (C=O) groups excluding carboxylic acids is 1. The van der Waals surface area contributed by atoms with Crippen molar-refractivity contribution in [3.05, 3.63) is 45.7 Å². The van der Waals surface area contributed by atoms with Crippen molar-refractivity contribution in [3.63, 3.8) is 0 Å². The first-order valence-corrected chi connectivity index (χ1v) is 7.99. The van der Waals surface area contributed by atoms with Gasteiger partial charge in [0.2, 0.25) is 0 Å². The lowest BCUT2D eigenvalue weighted by molar-refractivity contribution is -0.155. The van der Waals surface area contributed by atoms with Gasteiger partial charge in [-0.2, -0.15) is 5.10 Å². The Morgan fingerprint density at radius 2 is 1.88 bits per heavy atom. The predicted molar refractivity (Wildman–Crippen MR) is 91.3 cm³/mol. The summed E-state index contributed by atoms with van der Waals surface area (Å²) in [6.45, 7) is 4.56. The molecule has 7 nitrogen and oxygen atoms in total. The Kier molecular flexibility index (Phi) is 5.10. The fourth-order valence-corrected chi connectivity index (χ4v) is 2.31. The lowest BCUT2D eigenvalue weighted by Crippen LogP contribution is -2.46. The molecule has 2 rings (SSSR count). The number of aliphatic carboxylic acids is 1. The van der Waals surface area contributed by atoms with E-state index in [0.717, 1.165) is 28.5 Å². The summed E-state index contributed by atoms with van der Waals surface area (Å²) in [7, 11) is 0. The number of rotatable bonds is 5. The first-order chi connectivity index (χ1) is 11.1. The minimum atomic E-state index is -2.01. The highest BCUT2D eigenvalue weighted by molar-refractivity contribution is 9.10. The molecule has 8 heteroatoms. The molecule has 1 heterocycles. The van der Waals surface area contributed by atoms with Crippen LogP contribution in [0.3, 0.4) is 0 Å². The van der Waals surface area contributed by atoms with E-state index in [9.17, 15) is 14.7 Å². The number of nitrogens with one attached hydrogen (secondary N) is 1. The van der Waals surface area contributed by atoms with Gasteiger partial charge in [-0.05, 0) is 61.0 Å². The Morgan fingerprint density at radius 1 is 1.29 bits per heavy atom. The third-order valence-electron chi connectivity index (χ3n) is 3.63. The molecule has 0 bridgehead atoms. The van der Waals surface area contributed by atoms with Crippen LogP contribution in [0.2, 0.25) is 0 Å². The quantitative estimate of drug-likeness (QED) is 0.715. The molecular formula is C16H18BrN3O4. The van der Waals surface area contributed by atoms with Gasteiger partial charge in [0.25, 0.3) is 5.91 Å². The maximum absolute atomic E-state index is 12.0. The van der Waals surface area contributed by atoms with E-state index in [1.54, 1.807) is 28.9 Å².